The van der Waals surface area contributed by atoms with E-state index in [0.717, 1.165) is 0 Å². The van der Waals surface area contributed by atoms with Crippen molar-refractivity contribution in [2.24, 2.45) is 0 Å². The first-order chi connectivity index (χ1) is 7.47. The Labute approximate surface area is 94.0 Å². The molecule has 5 heteroatoms. The zero-order valence-corrected chi connectivity index (χ0v) is 9.38. The molecule has 1 unspecified atom stereocenters. The van der Waals surface area contributed by atoms with Crippen molar-refractivity contribution in [1.82, 2.24) is 0 Å². The molecule has 0 bridgehead atoms. The summed E-state index contributed by atoms with van der Waals surface area (Å²) >= 11 is 0. The molecule has 90 valence electrons. The van der Waals surface area contributed by atoms with E-state index in [4.69, 9.17) is 9.47 Å². The Morgan fingerprint density at radius 1 is 1.06 bits per heavy atom. The van der Waals surface area contributed by atoms with Crippen LogP contribution in [0.2, 0.25) is 0 Å². The number of aliphatic hydroxyl groups excluding tert-OH is 1. The van der Waals surface area contributed by atoms with Crippen molar-refractivity contribution in [3.63, 3.8) is 0 Å². The zero-order chi connectivity index (χ0) is 12.1. The highest BCUT2D eigenvalue weighted by Gasteiger charge is 2.23. The van der Waals surface area contributed by atoms with Crippen molar-refractivity contribution in [2.75, 3.05) is 0 Å². The van der Waals surface area contributed by atoms with Crippen molar-refractivity contribution in [3.05, 3.63) is 12.2 Å². The van der Waals surface area contributed by atoms with E-state index in [-0.39, 0.29) is 0 Å². The standard InChI is InChI=1S/C11H16O5/c1-7(12)15-10-3-4-11(16-8(2)13)6-9(14)5-10/h3-4,9-11,14H,5-6H2,1-2H3/t9?,10-,11+. The lowest BCUT2D eigenvalue weighted by Gasteiger charge is -2.16. The van der Waals surface area contributed by atoms with Gasteiger partial charge in [0.25, 0.3) is 0 Å². The molecule has 0 aromatic heterocycles. The minimum atomic E-state index is -0.649. The van der Waals surface area contributed by atoms with Crippen molar-refractivity contribution in [2.45, 2.75) is 45.0 Å². The summed E-state index contributed by atoms with van der Waals surface area (Å²) in [5.41, 5.74) is 0. The van der Waals surface area contributed by atoms with E-state index in [1.165, 1.54) is 13.8 Å². The summed E-state index contributed by atoms with van der Waals surface area (Å²) < 4.78 is 9.94. The minimum absolute atomic E-state index is 0.327. The number of aliphatic hydroxyl groups is 1. The van der Waals surface area contributed by atoms with Crippen LogP contribution in [0.3, 0.4) is 0 Å². The minimum Gasteiger partial charge on any atom is -0.458 e. The number of hydrogen-bond acceptors (Lipinski definition) is 5. The molecule has 1 aliphatic rings. The zero-order valence-electron chi connectivity index (χ0n) is 9.38. The largest absolute Gasteiger partial charge is 0.458 e. The van der Waals surface area contributed by atoms with Crippen LogP contribution < -0.4 is 0 Å². The van der Waals surface area contributed by atoms with Crippen LogP contribution >= 0.6 is 0 Å². The highest BCUT2D eigenvalue weighted by atomic mass is 16.5. The van der Waals surface area contributed by atoms with Gasteiger partial charge in [0.2, 0.25) is 0 Å². The van der Waals surface area contributed by atoms with Gasteiger partial charge in [0, 0.05) is 26.7 Å². The summed E-state index contributed by atoms with van der Waals surface area (Å²) in [7, 11) is 0. The van der Waals surface area contributed by atoms with E-state index in [1.807, 2.05) is 0 Å². The highest BCUT2D eigenvalue weighted by Crippen LogP contribution is 2.17. The van der Waals surface area contributed by atoms with Gasteiger partial charge in [-0.15, -0.1) is 0 Å². The van der Waals surface area contributed by atoms with Crippen molar-refractivity contribution < 1.29 is 24.2 Å². The molecule has 1 rings (SSSR count). The van der Waals surface area contributed by atoms with Gasteiger partial charge in [-0.25, -0.2) is 0 Å². The van der Waals surface area contributed by atoms with Crippen molar-refractivity contribution in [3.8, 4) is 0 Å². The maximum Gasteiger partial charge on any atom is 0.303 e. The lowest BCUT2D eigenvalue weighted by Crippen LogP contribution is -2.22. The van der Waals surface area contributed by atoms with Gasteiger partial charge in [0.05, 0.1) is 6.10 Å². The first kappa shape index (κ1) is 12.7. The first-order valence-electron chi connectivity index (χ1n) is 5.18. The van der Waals surface area contributed by atoms with Gasteiger partial charge < -0.3 is 14.6 Å². The third-order valence-electron chi connectivity index (χ3n) is 2.18. The summed E-state index contributed by atoms with van der Waals surface area (Å²) in [4.78, 5) is 21.5. The molecule has 3 atom stereocenters. The van der Waals surface area contributed by atoms with Gasteiger partial charge in [-0.1, -0.05) is 0 Å². The summed E-state index contributed by atoms with van der Waals surface area (Å²) in [6.07, 6.45) is 2.39. The van der Waals surface area contributed by atoms with E-state index in [0.29, 0.717) is 12.8 Å². The van der Waals surface area contributed by atoms with Gasteiger partial charge in [-0.2, -0.15) is 0 Å². The van der Waals surface area contributed by atoms with Crippen LogP contribution in [0.15, 0.2) is 12.2 Å². The van der Waals surface area contributed by atoms with Crippen LogP contribution in [0.1, 0.15) is 26.7 Å². The summed E-state index contributed by atoms with van der Waals surface area (Å²) in [6, 6.07) is 0. The maximum absolute atomic E-state index is 10.8. The first-order valence-corrected chi connectivity index (χ1v) is 5.18. The average molecular weight is 228 g/mol. The van der Waals surface area contributed by atoms with Crippen LogP contribution in [0, 0.1) is 0 Å². The van der Waals surface area contributed by atoms with Gasteiger partial charge in [0.15, 0.2) is 0 Å². The van der Waals surface area contributed by atoms with Gasteiger partial charge in [0.1, 0.15) is 12.2 Å². The molecule has 5 nitrogen and oxygen atoms in total. The molecule has 0 saturated heterocycles. The van der Waals surface area contributed by atoms with E-state index in [9.17, 15) is 14.7 Å². The topological polar surface area (TPSA) is 72.8 Å². The second kappa shape index (κ2) is 5.65. The SMILES string of the molecule is CC(=O)O[C@@H]1C=C[C@H](OC(C)=O)CC(O)C1. The van der Waals surface area contributed by atoms with Crippen LogP contribution in [0.5, 0.6) is 0 Å². The predicted octanol–water partition coefficient (Wildman–Crippen LogP) is 0.561. The predicted molar refractivity (Wildman–Crippen MR) is 55.5 cm³/mol. The molecule has 0 radical (unpaired) electrons. The fraction of sp³-hybridized carbons (Fsp3) is 0.636. The second-order valence-electron chi connectivity index (χ2n) is 3.81. The van der Waals surface area contributed by atoms with E-state index < -0.39 is 30.3 Å². The Bertz CT molecular complexity index is 269. The molecule has 16 heavy (non-hydrogen) atoms. The molecule has 0 aliphatic heterocycles. The van der Waals surface area contributed by atoms with Gasteiger partial charge in [-0.3, -0.25) is 9.59 Å². The Kier molecular flexibility index (Phi) is 4.49. The van der Waals surface area contributed by atoms with Crippen LogP contribution in [0.25, 0.3) is 0 Å². The number of carbonyl (C=O) groups excluding carboxylic acids is 2. The lowest BCUT2D eigenvalue weighted by molar-refractivity contribution is -0.145. The third kappa shape index (κ3) is 4.44. The summed E-state index contributed by atoms with van der Waals surface area (Å²) in [5, 5.41) is 9.63. The number of rotatable bonds is 2. The average Bonchev–Trinajstić information content (AvgIpc) is 2.25. The normalized spacial score (nSPS) is 29.3. The summed E-state index contributed by atoms with van der Waals surface area (Å²) in [6.45, 7) is 2.63. The Morgan fingerprint density at radius 2 is 1.44 bits per heavy atom. The molecule has 0 fully saturated rings. The van der Waals surface area contributed by atoms with Crippen LogP contribution in [0.4, 0.5) is 0 Å². The van der Waals surface area contributed by atoms with Gasteiger partial charge in [-0.05, 0) is 12.2 Å². The lowest BCUT2D eigenvalue weighted by atomic mass is 10.1. The van der Waals surface area contributed by atoms with E-state index in [1.54, 1.807) is 12.2 Å². The molecule has 0 amide bonds. The quantitative estimate of drug-likeness (QED) is 0.552. The second-order valence-corrected chi connectivity index (χ2v) is 3.81. The van der Waals surface area contributed by atoms with E-state index >= 15 is 0 Å². The Balaban J connectivity index is 2.60. The molecular weight excluding hydrogens is 212 g/mol. The van der Waals surface area contributed by atoms with Crippen LogP contribution in [-0.4, -0.2) is 35.4 Å². The number of carbonyl (C=O) groups is 2. The fourth-order valence-electron chi connectivity index (χ4n) is 1.64. The Hall–Kier alpha value is -1.36. The third-order valence-corrected chi connectivity index (χ3v) is 2.18. The van der Waals surface area contributed by atoms with Crippen LogP contribution in [-0.2, 0) is 19.1 Å². The van der Waals surface area contributed by atoms with Gasteiger partial charge >= 0.3 is 11.9 Å². The highest BCUT2D eigenvalue weighted by molar-refractivity contribution is 5.66. The summed E-state index contributed by atoms with van der Waals surface area (Å²) in [5.74, 6) is -0.791. The molecule has 0 spiro atoms. The fourth-order valence-corrected chi connectivity index (χ4v) is 1.64. The molecule has 0 aromatic carbocycles. The molecule has 1 N–H and O–H groups in total. The molecule has 0 saturated carbocycles. The van der Waals surface area contributed by atoms with Crippen molar-refractivity contribution in [1.29, 1.82) is 0 Å². The number of esters is 2. The molecular formula is C11H16O5. The molecule has 1 aliphatic carbocycles. The molecule has 0 heterocycles. The smallest absolute Gasteiger partial charge is 0.303 e. The monoisotopic (exact) mass is 228 g/mol. The molecule has 0 aromatic rings. The Morgan fingerprint density at radius 3 is 1.75 bits per heavy atom. The number of ether oxygens (including phenoxy) is 2. The maximum atomic E-state index is 10.8. The van der Waals surface area contributed by atoms with E-state index in [2.05, 4.69) is 0 Å². The number of hydrogen-bond donors (Lipinski definition) is 1. The van der Waals surface area contributed by atoms with Crippen molar-refractivity contribution >= 4 is 11.9 Å².